The zero-order valence-corrected chi connectivity index (χ0v) is 11.2. The molecule has 4 N–H and O–H groups in total. The van der Waals surface area contributed by atoms with Crippen LogP contribution >= 0.6 is 0 Å². The van der Waals surface area contributed by atoms with Gasteiger partial charge in [-0.3, -0.25) is 9.59 Å². The molecule has 1 rings (SSSR count). The van der Waals surface area contributed by atoms with Crippen LogP contribution in [0.25, 0.3) is 0 Å². The lowest BCUT2D eigenvalue weighted by Crippen LogP contribution is -2.41. The van der Waals surface area contributed by atoms with Gasteiger partial charge in [-0.2, -0.15) is 10.2 Å². The van der Waals surface area contributed by atoms with E-state index in [4.69, 9.17) is 10.8 Å². The van der Waals surface area contributed by atoms with E-state index in [2.05, 4.69) is 15.5 Å². The third-order valence-electron chi connectivity index (χ3n) is 2.63. The molecule has 20 heavy (non-hydrogen) atoms. The highest BCUT2D eigenvalue weighted by Gasteiger charge is 2.22. The van der Waals surface area contributed by atoms with Gasteiger partial charge < -0.3 is 16.2 Å². The number of hydrogen-bond donors (Lipinski definition) is 3. The van der Waals surface area contributed by atoms with Crippen LogP contribution in [0, 0.1) is 13.8 Å². The molecule has 0 aliphatic carbocycles. The maximum absolute atomic E-state index is 12.0. The van der Waals surface area contributed by atoms with Crippen molar-refractivity contribution in [3.05, 3.63) is 23.0 Å². The van der Waals surface area contributed by atoms with Gasteiger partial charge >= 0.3 is 5.97 Å². The van der Waals surface area contributed by atoms with Crippen molar-refractivity contribution in [1.29, 1.82) is 0 Å². The molecule has 108 valence electrons. The molecule has 1 aromatic rings. The quantitative estimate of drug-likeness (QED) is 0.645. The third-order valence-corrected chi connectivity index (χ3v) is 2.63. The molecule has 2 amide bonds. The van der Waals surface area contributed by atoms with Crippen molar-refractivity contribution >= 4 is 17.8 Å². The molecule has 1 aromatic heterocycles. The van der Waals surface area contributed by atoms with Crippen LogP contribution in [0.15, 0.2) is 6.07 Å². The molecule has 0 bridgehead atoms. The summed E-state index contributed by atoms with van der Waals surface area (Å²) in [6, 6.07) is 0.341. The summed E-state index contributed by atoms with van der Waals surface area (Å²) in [5.41, 5.74) is 6.16. The summed E-state index contributed by atoms with van der Waals surface area (Å²) in [5, 5.41) is 18.9. The first-order valence-corrected chi connectivity index (χ1v) is 5.94. The van der Waals surface area contributed by atoms with Crippen LogP contribution in [0.4, 0.5) is 0 Å². The van der Waals surface area contributed by atoms with Crippen LogP contribution in [-0.2, 0) is 9.59 Å². The van der Waals surface area contributed by atoms with Crippen molar-refractivity contribution in [3.8, 4) is 0 Å². The molecule has 1 unspecified atom stereocenters. The van der Waals surface area contributed by atoms with E-state index in [1.54, 1.807) is 13.8 Å². The van der Waals surface area contributed by atoms with Gasteiger partial charge in [0.2, 0.25) is 5.91 Å². The molecule has 0 aliphatic heterocycles. The highest BCUT2D eigenvalue weighted by Crippen LogP contribution is 2.07. The normalized spacial score (nSPS) is 11.7. The lowest BCUT2D eigenvalue weighted by atomic mass is 10.1. The molecule has 0 saturated carbocycles. The largest absolute Gasteiger partial charge is 0.480 e. The van der Waals surface area contributed by atoms with Crippen molar-refractivity contribution in [2.45, 2.75) is 32.7 Å². The Hall–Kier alpha value is -2.51. The SMILES string of the molecule is Cc1cc(C(=O)NC(CCC(N)=O)C(=O)O)c(C)nn1. The standard InChI is InChI=1S/C12H16N4O4/c1-6-5-8(7(2)16-15-6)11(18)14-9(12(19)20)3-4-10(13)17/h5,9H,3-4H2,1-2H3,(H2,13,17)(H,14,18)(H,19,20). The number of carbonyl (C=O) groups is 3. The number of nitrogens with one attached hydrogen (secondary N) is 1. The Morgan fingerprint density at radius 2 is 2.00 bits per heavy atom. The second-order valence-electron chi connectivity index (χ2n) is 4.35. The van der Waals surface area contributed by atoms with E-state index in [0.717, 1.165) is 0 Å². The summed E-state index contributed by atoms with van der Waals surface area (Å²) >= 11 is 0. The Kier molecular flexibility index (Phi) is 5.13. The van der Waals surface area contributed by atoms with E-state index in [-0.39, 0.29) is 18.4 Å². The number of aromatic nitrogens is 2. The number of carboxylic acid groups (broad SMARTS) is 1. The summed E-state index contributed by atoms with van der Waals surface area (Å²) < 4.78 is 0. The van der Waals surface area contributed by atoms with E-state index in [9.17, 15) is 14.4 Å². The molecular formula is C12H16N4O4. The number of nitrogens with zero attached hydrogens (tertiary/aromatic N) is 2. The summed E-state index contributed by atoms with van der Waals surface area (Å²) in [4.78, 5) is 33.7. The molecule has 0 aliphatic rings. The monoisotopic (exact) mass is 280 g/mol. The van der Waals surface area contributed by atoms with Gasteiger partial charge in [-0.15, -0.1) is 0 Å². The topological polar surface area (TPSA) is 135 Å². The minimum Gasteiger partial charge on any atom is -0.480 e. The average Bonchev–Trinajstić information content (AvgIpc) is 2.36. The fourth-order valence-electron chi connectivity index (χ4n) is 1.56. The fraction of sp³-hybridized carbons (Fsp3) is 0.417. The number of nitrogens with two attached hydrogens (primary N) is 1. The van der Waals surface area contributed by atoms with Gasteiger partial charge in [0.15, 0.2) is 0 Å². The first kappa shape index (κ1) is 15.5. The zero-order valence-electron chi connectivity index (χ0n) is 11.2. The summed E-state index contributed by atoms with van der Waals surface area (Å²) in [7, 11) is 0. The molecule has 8 heteroatoms. The van der Waals surface area contributed by atoms with E-state index in [0.29, 0.717) is 11.4 Å². The van der Waals surface area contributed by atoms with Crippen molar-refractivity contribution in [2.75, 3.05) is 0 Å². The van der Waals surface area contributed by atoms with Crippen LogP contribution in [0.2, 0.25) is 0 Å². The fourth-order valence-corrected chi connectivity index (χ4v) is 1.56. The smallest absolute Gasteiger partial charge is 0.326 e. The molecule has 0 fully saturated rings. The number of aryl methyl sites for hydroxylation is 2. The van der Waals surface area contributed by atoms with Gasteiger partial charge in [-0.1, -0.05) is 0 Å². The Bertz CT molecular complexity index is 544. The Morgan fingerprint density at radius 3 is 2.55 bits per heavy atom. The van der Waals surface area contributed by atoms with E-state index < -0.39 is 23.8 Å². The molecule has 1 atom stereocenters. The molecule has 0 saturated heterocycles. The minimum atomic E-state index is -1.23. The predicted octanol–water partition coefficient (Wildman–Crippen LogP) is -0.458. The van der Waals surface area contributed by atoms with Crippen molar-refractivity contribution in [2.24, 2.45) is 5.73 Å². The lowest BCUT2D eigenvalue weighted by molar-refractivity contribution is -0.139. The average molecular weight is 280 g/mol. The molecule has 0 radical (unpaired) electrons. The number of carbonyl (C=O) groups excluding carboxylic acids is 2. The summed E-state index contributed by atoms with van der Waals surface area (Å²) in [6.45, 7) is 3.27. The lowest BCUT2D eigenvalue weighted by Gasteiger charge is -2.14. The summed E-state index contributed by atoms with van der Waals surface area (Å²) in [5.74, 6) is -2.42. The number of carboxylic acids is 1. The second-order valence-corrected chi connectivity index (χ2v) is 4.35. The first-order valence-electron chi connectivity index (χ1n) is 5.94. The van der Waals surface area contributed by atoms with Crippen molar-refractivity contribution < 1.29 is 19.5 Å². The number of primary amides is 1. The molecule has 0 aromatic carbocycles. The van der Waals surface area contributed by atoms with Crippen LogP contribution in [0.3, 0.4) is 0 Å². The number of rotatable bonds is 6. The molecule has 0 spiro atoms. The van der Waals surface area contributed by atoms with Gasteiger partial charge in [0.25, 0.3) is 5.91 Å². The van der Waals surface area contributed by atoms with Crippen molar-refractivity contribution in [1.82, 2.24) is 15.5 Å². The van der Waals surface area contributed by atoms with Crippen molar-refractivity contribution in [3.63, 3.8) is 0 Å². The van der Waals surface area contributed by atoms with Gasteiger partial charge in [-0.05, 0) is 26.3 Å². The van der Waals surface area contributed by atoms with Gasteiger partial charge in [0.1, 0.15) is 6.04 Å². The highest BCUT2D eigenvalue weighted by atomic mass is 16.4. The zero-order chi connectivity index (χ0) is 15.3. The Labute approximate surface area is 115 Å². The van der Waals surface area contributed by atoms with Crippen LogP contribution in [0.1, 0.15) is 34.6 Å². The van der Waals surface area contributed by atoms with Crippen LogP contribution < -0.4 is 11.1 Å². The molecule has 8 nitrogen and oxygen atoms in total. The van der Waals surface area contributed by atoms with Gasteiger partial charge in [0.05, 0.1) is 17.0 Å². The minimum absolute atomic E-state index is 0.0626. The van der Waals surface area contributed by atoms with E-state index in [1.807, 2.05) is 0 Å². The van der Waals surface area contributed by atoms with Crippen LogP contribution in [0.5, 0.6) is 0 Å². The first-order chi connectivity index (χ1) is 9.31. The predicted molar refractivity (Wildman–Crippen MR) is 68.8 cm³/mol. The maximum Gasteiger partial charge on any atom is 0.326 e. The Morgan fingerprint density at radius 1 is 1.35 bits per heavy atom. The number of aliphatic carboxylic acids is 1. The highest BCUT2D eigenvalue weighted by molar-refractivity contribution is 5.97. The van der Waals surface area contributed by atoms with E-state index >= 15 is 0 Å². The maximum atomic E-state index is 12.0. The Balaban J connectivity index is 2.82. The second kappa shape index (κ2) is 6.60. The van der Waals surface area contributed by atoms with Gasteiger partial charge in [0, 0.05) is 6.42 Å². The molecule has 1 heterocycles. The molecular weight excluding hydrogens is 264 g/mol. The van der Waals surface area contributed by atoms with Gasteiger partial charge in [-0.25, -0.2) is 4.79 Å². The third kappa shape index (κ3) is 4.30. The van der Waals surface area contributed by atoms with E-state index in [1.165, 1.54) is 6.07 Å². The van der Waals surface area contributed by atoms with Crippen LogP contribution in [-0.4, -0.2) is 39.1 Å². The number of amides is 2. The summed E-state index contributed by atoms with van der Waals surface area (Å²) in [6.07, 6.45) is -0.184. The number of hydrogen-bond acceptors (Lipinski definition) is 5.